The van der Waals surface area contributed by atoms with Crippen LogP contribution in [0.25, 0.3) is 0 Å². The molecule has 0 aliphatic rings. The molecular weight excluding hydrogens is 222 g/mol. The molecule has 0 spiro atoms. The molecule has 16 heavy (non-hydrogen) atoms. The van der Waals surface area contributed by atoms with Crippen LogP contribution < -0.4 is 10.1 Å². The van der Waals surface area contributed by atoms with Crippen molar-refractivity contribution in [3.63, 3.8) is 0 Å². The van der Waals surface area contributed by atoms with Crippen LogP contribution in [0.2, 0.25) is 0 Å². The Labute approximate surface area is 101 Å². The molecule has 0 heterocycles. The molecule has 0 saturated heterocycles. The summed E-state index contributed by atoms with van der Waals surface area (Å²) >= 11 is 1.86. The van der Waals surface area contributed by atoms with Gasteiger partial charge in [0.15, 0.2) is 11.5 Å². The summed E-state index contributed by atoms with van der Waals surface area (Å²) < 4.78 is 4.98. The quantitative estimate of drug-likeness (QED) is 0.718. The standard InChI is InChI=1S/C12H19NO2S/c1-15-12-5-4-10(8-11(12)14)9-13-6-3-7-16-2/h4-5,8,13-14H,3,6-7,9H2,1-2H3. The first-order valence-electron chi connectivity index (χ1n) is 5.33. The van der Waals surface area contributed by atoms with Crippen LogP contribution in [0.1, 0.15) is 12.0 Å². The molecule has 0 aromatic heterocycles. The fourth-order valence-corrected chi connectivity index (χ4v) is 1.85. The van der Waals surface area contributed by atoms with Crippen LogP contribution in [0, 0.1) is 0 Å². The van der Waals surface area contributed by atoms with E-state index in [1.165, 1.54) is 12.2 Å². The first kappa shape index (κ1) is 13.2. The van der Waals surface area contributed by atoms with Crippen LogP contribution >= 0.6 is 11.8 Å². The minimum Gasteiger partial charge on any atom is -0.504 e. The van der Waals surface area contributed by atoms with Gasteiger partial charge in [-0.2, -0.15) is 11.8 Å². The highest BCUT2D eigenvalue weighted by Gasteiger charge is 2.01. The van der Waals surface area contributed by atoms with Gasteiger partial charge in [0.1, 0.15) is 0 Å². The normalized spacial score (nSPS) is 10.4. The third-order valence-electron chi connectivity index (χ3n) is 2.27. The predicted molar refractivity (Wildman–Crippen MR) is 69.4 cm³/mol. The number of rotatable bonds is 7. The Kier molecular flexibility index (Phi) is 6.11. The van der Waals surface area contributed by atoms with Crippen LogP contribution in [0.4, 0.5) is 0 Å². The number of benzene rings is 1. The number of phenolic OH excluding ortho intramolecular Hbond substituents is 1. The van der Waals surface area contributed by atoms with Gasteiger partial charge < -0.3 is 15.2 Å². The van der Waals surface area contributed by atoms with Gasteiger partial charge in [-0.15, -0.1) is 0 Å². The zero-order valence-corrected chi connectivity index (χ0v) is 10.6. The van der Waals surface area contributed by atoms with E-state index in [9.17, 15) is 5.11 Å². The van der Waals surface area contributed by atoms with E-state index in [4.69, 9.17) is 4.74 Å². The molecule has 0 aliphatic carbocycles. The van der Waals surface area contributed by atoms with E-state index in [1.54, 1.807) is 19.2 Å². The van der Waals surface area contributed by atoms with E-state index in [-0.39, 0.29) is 5.75 Å². The second-order valence-corrected chi connectivity index (χ2v) is 4.51. The van der Waals surface area contributed by atoms with Crippen molar-refractivity contribution in [3.05, 3.63) is 23.8 Å². The van der Waals surface area contributed by atoms with Crippen molar-refractivity contribution in [2.24, 2.45) is 0 Å². The molecule has 3 nitrogen and oxygen atoms in total. The Morgan fingerprint density at radius 1 is 1.44 bits per heavy atom. The third-order valence-corrected chi connectivity index (χ3v) is 2.97. The fraction of sp³-hybridized carbons (Fsp3) is 0.500. The molecule has 0 unspecified atom stereocenters. The highest BCUT2D eigenvalue weighted by atomic mass is 32.2. The Morgan fingerprint density at radius 2 is 2.25 bits per heavy atom. The average molecular weight is 241 g/mol. The van der Waals surface area contributed by atoms with Crippen LogP contribution in [0.3, 0.4) is 0 Å². The van der Waals surface area contributed by atoms with Gasteiger partial charge in [-0.05, 0) is 42.7 Å². The summed E-state index contributed by atoms with van der Waals surface area (Å²) in [5.41, 5.74) is 1.07. The maximum absolute atomic E-state index is 9.58. The molecule has 1 aromatic rings. The van der Waals surface area contributed by atoms with Crippen molar-refractivity contribution in [1.82, 2.24) is 5.32 Å². The summed E-state index contributed by atoms with van der Waals surface area (Å²) in [5, 5.41) is 12.9. The molecule has 0 amide bonds. The van der Waals surface area contributed by atoms with Crippen LogP contribution in [0.15, 0.2) is 18.2 Å². The number of ether oxygens (including phenoxy) is 1. The lowest BCUT2D eigenvalue weighted by Gasteiger charge is -2.07. The lowest BCUT2D eigenvalue weighted by Crippen LogP contribution is -2.15. The Hall–Kier alpha value is -0.870. The summed E-state index contributed by atoms with van der Waals surface area (Å²) in [7, 11) is 1.55. The van der Waals surface area contributed by atoms with Gasteiger partial charge in [0.25, 0.3) is 0 Å². The summed E-state index contributed by atoms with van der Waals surface area (Å²) in [6, 6.07) is 5.48. The van der Waals surface area contributed by atoms with Crippen LogP contribution in [0.5, 0.6) is 11.5 Å². The second kappa shape index (κ2) is 7.41. The van der Waals surface area contributed by atoms with Crippen molar-refractivity contribution in [2.45, 2.75) is 13.0 Å². The monoisotopic (exact) mass is 241 g/mol. The minimum atomic E-state index is 0.200. The van der Waals surface area contributed by atoms with Crippen LogP contribution in [-0.4, -0.2) is 30.8 Å². The molecule has 0 fully saturated rings. The highest BCUT2D eigenvalue weighted by molar-refractivity contribution is 7.98. The smallest absolute Gasteiger partial charge is 0.160 e. The van der Waals surface area contributed by atoms with Gasteiger partial charge in [0, 0.05) is 6.54 Å². The SMILES string of the molecule is COc1ccc(CNCCCSC)cc1O. The Morgan fingerprint density at radius 3 is 2.88 bits per heavy atom. The maximum Gasteiger partial charge on any atom is 0.160 e. The lowest BCUT2D eigenvalue weighted by molar-refractivity contribution is 0.373. The van der Waals surface area contributed by atoms with E-state index in [0.29, 0.717) is 5.75 Å². The minimum absolute atomic E-state index is 0.200. The zero-order valence-electron chi connectivity index (χ0n) is 9.82. The van der Waals surface area contributed by atoms with E-state index in [0.717, 1.165) is 18.7 Å². The van der Waals surface area contributed by atoms with Crippen molar-refractivity contribution in [1.29, 1.82) is 0 Å². The lowest BCUT2D eigenvalue weighted by atomic mass is 10.2. The number of hydrogen-bond acceptors (Lipinski definition) is 4. The molecule has 4 heteroatoms. The number of aromatic hydroxyl groups is 1. The molecular formula is C12H19NO2S. The van der Waals surface area contributed by atoms with Crippen molar-refractivity contribution in [2.75, 3.05) is 25.7 Å². The van der Waals surface area contributed by atoms with Gasteiger partial charge in [0.2, 0.25) is 0 Å². The molecule has 1 rings (SSSR count). The number of nitrogens with one attached hydrogen (secondary N) is 1. The molecule has 0 radical (unpaired) electrons. The molecule has 1 aromatic carbocycles. The van der Waals surface area contributed by atoms with Gasteiger partial charge >= 0.3 is 0 Å². The van der Waals surface area contributed by atoms with Gasteiger partial charge in [-0.3, -0.25) is 0 Å². The van der Waals surface area contributed by atoms with Crippen LogP contribution in [-0.2, 0) is 6.54 Å². The van der Waals surface area contributed by atoms with Crippen molar-refractivity contribution < 1.29 is 9.84 Å². The van der Waals surface area contributed by atoms with Gasteiger partial charge in [-0.1, -0.05) is 6.07 Å². The van der Waals surface area contributed by atoms with E-state index < -0.39 is 0 Å². The average Bonchev–Trinajstić information content (AvgIpc) is 2.29. The van der Waals surface area contributed by atoms with Gasteiger partial charge in [0.05, 0.1) is 7.11 Å². The number of hydrogen-bond donors (Lipinski definition) is 2. The summed E-state index contributed by atoms with van der Waals surface area (Å²) in [4.78, 5) is 0. The molecule has 2 N–H and O–H groups in total. The Bertz CT molecular complexity index is 318. The van der Waals surface area contributed by atoms with Gasteiger partial charge in [-0.25, -0.2) is 0 Å². The number of methoxy groups -OCH3 is 1. The predicted octanol–water partition coefficient (Wildman–Crippen LogP) is 2.24. The summed E-state index contributed by atoms with van der Waals surface area (Å²) in [6.45, 7) is 1.79. The van der Waals surface area contributed by atoms with E-state index in [1.807, 2.05) is 17.8 Å². The number of phenols is 1. The van der Waals surface area contributed by atoms with Crippen molar-refractivity contribution in [3.8, 4) is 11.5 Å². The van der Waals surface area contributed by atoms with E-state index >= 15 is 0 Å². The zero-order chi connectivity index (χ0) is 11.8. The third kappa shape index (κ3) is 4.33. The Balaban J connectivity index is 2.34. The summed E-state index contributed by atoms with van der Waals surface area (Å²) in [5.74, 6) is 1.90. The summed E-state index contributed by atoms with van der Waals surface area (Å²) in [6.07, 6.45) is 3.28. The largest absolute Gasteiger partial charge is 0.504 e. The molecule has 90 valence electrons. The maximum atomic E-state index is 9.58. The molecule has 0 saturated carbocycles. The van der Waals surface area contributed by atoms with Crippen molar-refractivity contribution >= 4 is 11.8 Å². The fourth-order valence-electron chi connectivity index (χ4n) is 1.42. The second-order valence-electron chi connectivity index (χ2n) is 3.53. The van der Waals surface area contributed by atoms with E-state index in [2.05, 4.69) is 11.6 Å². The molecule has 0 atom stereocenters. The topological polar surface area (TPSA) is 41.5 Å². The highest BCUT2D eigenvalue weighted by Crippen LogP contribution is 2.25. The molecule has 0 bridgehead atoms. The number of thioether (sulfide) groups is 1. The first-order valence-corrected chi connectivity index (χ1v) is 6.73. The first-order chi connectivity index (χ1) is 7.77. The molecule has 0 aliphatic heterocycles.